The Balaban J connectivity index is 2.04. The van der Waals surface area contributed by atoms with Crippen LogP contribution >= 0.6 is 15.9 Å². The van der Waals surface area contributed by atoms with Crippen molar-refractivity contribution in [1.82, 2.24) is 15.3 Å². The lowest BCUT2D eigenvalue weighted by atomic mass is 10.3. The zero-order valence-corrected chi connectivity index (χ0v) is 11.5. The smallest absolute Gasteiger partial charge is 0.407 e. The van der Waals surface area contributed by atoms with Crippen molar-refractivity contribution >= 4 is 33.7 Å². The Hall–Kier alpha value is -1.57. The Bertz CT molecular complexity index is 456. The van der Waals surface area contributed by atoms with E-state index in [1.807, 2.05) is 4.90 Å². The topological polar surface area (TPSA) is 93.4 Å². The average molecular weight is 316 g/mol. The van der Waals surface area contributed by atoms with Gasteiger partial charge in [0.25, 0.3) is 0 Å². The maximum absolute atomic E-state index is 11.1. The molecule has 1 unspecified atom stereocenters. The van der Waals surface area contributed by atoms with Crippen LogP contribution in [0.2, 0.25) is 0 Å². The van der Waals surface area contributed by atoms with Gasteiger partial charge in [0, 0.05) is 13.1 Å². The molecule has 1 aliphatic heterocycles. The van der Waals surface area contributed by atoms with Crippen LogP contribution in [0, 0.1) is 0 Å². The number of nitrogens with one attached hydrogen (secondary N) is 1. The van der Waals surface area contributed by atoms with Crippen molar-refractivity contribution in [3.8, 4) is 0 Å². The van der Waals surface area contributed by atoms with E-state index in [4.69, 9.17) is 5.73 Å². The van der Waals surface area contributed by atoms with Crippen molar-refractivity contribution in [3.05, 3.63) is 10.8 Å². The number of anilines is 2. The zero-order chi connectivity index (χ0) is 13.1. The first-order chi connectivity index (χ1) is 8.61. The number of amides is 1. The molecule has 0 radical (unpaired) electrons. The summed E-state index contributed by atoms with van der Waals surface area (Å²) in [5.74, 6) is 1.15. The summed E-state index contributed by atoms with van der Waals surface area (Å²) in [6.45, 7) is 1.47. The first-order valence-corrected chi connectivity index (χ1v) is 6.26. The van der Waals surface area contributed by atoms with Crippen LogP contribution in [0.1, 0.15) is 6.42 Å². The number of nitrogens with zero attached hydrogens (tertiary/aromatic N) is 3. The summed E-state index contributed by atoms with van der Waals surface area (Å²) in [6, 6.07) is 0.0561. The third-order valence-electron chi connectivity index (χ3n) is 2.79. The Morgan fingerprint density at radius 3 is 3.17 bits per heavy atom. The predicted molar refractivity (Wildman–Crippen MR) is 70.3 cm³/mol. The second-order valence-electron chi connectivity index (χ2n) is 3.96. The van der Waals surface area contributed by atoms with Gasteiger partial charge < -0.3 is 20.7 Å². The number of rotatable bonds is 2. The molecule has 0 spiro atoms. The van der Waals surface area contributed by atoms with Gasteiger partial charge in [-0.2, -0.15) is 0 Å². The third kappa shape index (κ3) is 2.63. The normalized spacial score (nSPS) is 18.8. The van der Waals surface area contributed by atoms with E-state index in [1.165, 1.54) is 13.4 Å². The standard InChI is InChI=1S/C10H14BrN5O2/c1-18-10(17)15-6-2-3-16(4-6)9-7(11)8(12)13-5-14-9/h5-6H,2-4H2,1H3,(H,15,17)(H2,12,13,14). The summed E-state index contributed by atoms with van der Waals surface area (Å²) >= 11 is 3.37. The lowest BCUT2D eigenvalue weighted by molar-refractivity contribution is 0.167. The van der Waals surface area contributed by atoms with Crippen LogP contribution < -0.4 is 16.0 Å². The molecule has 1 amide bonds. The number of halogens is 1. The molecule has 0 saturated carbocycles. The van der Waals surface area contributed by atoms with Gasteiger partial charge in [-0.25, -0.2) is 14.8 Å². The van der Waals surface area contributed by atoms with Crippen molar-refractivity contribution < 1.29 is 9.53 Å². The molecule has 2 heterocycles. The van der Waals surface area contributed by atoms with Crippen LogP contribution in [-0.2, 0) is 4.74 Å². The highest BCUT2D eigenvalue weighted by Gasteiger charge is 2.26. The van der Waals surface area contributed by atoms with Crippen LogP contribution in [0.4, 0.5) is 16.4 Å². The maximum atomic E-state index is 11.1. The second kappa shape index (κ2) is 5.38. The lowest BCUT2D eigenvalue weighted by Gasteiger charge is -2.19. The molecule has 1 aromatic heterocycles. The van der Waals surface area contributed by atoms with Crippen molar-refractivity contribution in [2.24, 2.45) is 0 Å². The van der Waals surface area contributed by atoms with Crippen LogP contribution in [0.5, 0.6) is 0 Å². The summed E-state index contributed by atoms with van der Waals surface area (Å²) in [5, 5.41) is 2.77. The van der Waals surface area contributed by atoms with Gasteiger partial charge in [-0.1, -0.05) is 0 Å². The molecule has 1 aromatic rings. The maximum Gasteiger partial charge on any atom is 0.407 e. The quantitative estimate of drug-likeness (QED) is 0.836. The van der Waals surface area contributed by atoms with Gasteiger partial charge in [-0.15, -0.1) is 0 Å². The molecule has 1 aliphatic rings. The number of nitrogens with two attached hydrogens (primary N) is 1. The molecule has 1 fully saturated rings. The van der Waals surface area contributed by atoms with E-state index in [0.29, 0.717) is 16.8 Å². The van der Waals surface area contributed by atoms with Gasteiger partial charge in [-0.05, 0) is 22.4 Å². The highest BCUT2D eigenvalue weighted by atomic mass is 79.9. The summed E-state index contributed by atoms with van der Waals surface area (Å²) in [6.07, 6.45) is 1.85. The fourth-order valence-corrected chi connectivity index (χ4v) is 2.35. The van der Waals surface area contributed by atoms with E-state index < -0.39 is 6.09 Å². The molecule has 98 valence electrons. The van der Waals surface area contributed by atoms with E-state index in [9.17, 15) is 4.79 Å². The molecule has 0 bridgehead atoms. The number of aromatic nitrogens is 2. The molecule has 0 aromatic carbocycles. The molecular weight excluding hydrogens is 302 g/mol. The largest absolute Gasteiger partial charge is 0.453 e. The zero-order valence-electron chi connectivity index (χ0n) is 9.89. The molecular formula is C10H14BrN5O2. The molecule has 1 saturated heterocycles. The Labute approximate surface area is 113 Å². The number of ether oxygens (including phenoxy) is 1. The summed E-state index contributed by atoms with van der Waals surface area (Å²) in [5.41, 5.74) is 5.71. The Kier molecular flexibility index (Phi) is 3.85. The van der Waals surface area contributed by atoms with Gasteiger partial charge in [-0.3, -0.25) is 0 Å². The molecule has 7 nitrogen and oxygen atoms in total. The minimum atomic E-state index is -0.414. The van der Waals surface area contributed by atoms with E-state index >= 15 is 0 Å². The third-order valence-corrected chi connectivity index (χ3v) is 3.55. The van der Waals surface area contributed by atoms with Crippen LogP contribution in [0.15, 0.2) is 10.8 Å². The van der Waals surface area contributed by atoms with Crippen molar-refractivity contribution in [2.75, 3.05) is 30.8 Å². The molecule has 8 heteroatoms. The number of carbonyl (C=O) groups excluding carboxylic acids is 1. The molecule has 0 aliphatic carbocycles. The molecule has 1 atom stereocenters. The SMILES string of the molecule is COC(=O)NC1CCN(c2ncnc(N)c2Br)C1. The minimum Gasteiger partial charge on any atom is -0.453 e. The number of methoxy groups -OCH3 is 1. The highest BCUT2D eigenvalue weighted by molar-refractivity contribution is 9.10. The van der Waals surface area contributed by atoms with Crippen LogP contribution in [0.3, 0.4) is 0 Å². The number of nitrogen functional groups attached to an aromatic ring is 1. The first-order valence-electron chi connectivity index (χ1n) is 5.47. The molecule has 3 N–H and O–H groups in total. The van der Waals surface area contributed by atoms with Gasteiger partial charge >= 0.3 is 6.09 Å². The van der Waals surface area contributed by atoms with E-state index in [-0.39, 0.29) is 6.04 Å². The van der Waals surface area contributed by atoms with Crippen molar-refractivity contribution in [1.29, 1.82) is 0 Å². The van der Waals surface area contributed by atoms with Crippen LogP contribution in [0.25, 0.3) is 0 Å². The van der Waals surface area contributed by atoms with Crippen LogP contribution in [-0.4, -0.2) is 42.3 Å². The summed E-state index contributed by atoms with van der Waals surface area (Å²) in [4.78, 5) is 21.3. The minimum absolute atomic E-state index is 0.0561. The fourth-order valence-electron chi connectivity index (χ4n) is 1.89. The fraction of sp³-hybridized carbons (Fsp3) is 0.500. The van der Waals surface area contributed by atoms with Gasteiger partial charge in [0.2, 0.25) is 0 Å². The van der Waals surface area contributed by atoms with Gasteiger partial charge in [0.1, 0.15) is 22.4 Å². The van der Waals surface area contributed by atoms with Crippen molar-refractivity contribution in [2.45, 2.75) is 12.5 Å². The highest BCUT2D eigenvalue weighted by Crippen LogP contribution is 2.29. The van der Waals surface area contributed by atoms with E-state index in [0.717, 1.165) is 18.8 Å². The number of carbonyl (C=O) groups is 1. The predicted octanol–water partition coefficient (Wildman–Crippen LogP) is 0.756. The Morgan fingerprint density at radius 1 is 1.67 bits per heavy atom. The lowest BCUT2D eigenvalue weighted by Crippen LogP contribution is -2.37. The number of alkyl carbamates (subject to hydrolysis) is 1. The number of hydrogen-bond acceptors (Lipinski definition) is 6. The summed E-state index contributed by atoms with van der Waals surface area (Å²) in [7, 11) is 1.35. The van der Waals surface area contributed by atoms with Gasteiger partial charge in [0.15, 0.2) is 0 Å². The first kappa shape index (κ1) is 12.9. The van der Waals surface area contributed by atoms with Crippen molar-refractivity contribution in [3.63, 3.8) is 0 Å². The van der Waals surface area contributed by atoms with E-state index in [1.54, 1.807) is 0 Å². The average Bonchev–Trinajstić information content (AvgIpc) is 2.80. The monoisotopic (exact) mass is 315 g/mol. The Morgan fingerprint density at radius 2 is 2.44 bits per heavy atom. The number of hydrogen-bond donors (Lipinski definition) is 2. The second-order valence-corrected chi connectivity index (χ2v) is 4.76. The molecule has 18 heavy (non-hydrogen) atoms. The molecule has 2 rings (SSSR count). The summed E-state index contributed by atoms with van der Waals surface area (Å²) < 4.78 is 5.26. The van der Waals surface area contributed by atoms with Gasteiger partial charge in [0.05, 0.1) is 13.2 Å². The van der Waals surface area contributed by atoms with E-state index in [2.05, 4.69) is 36.0 Å².